The molecular weight excluding hydrogens is 352 g/mol. The van der Waals surface area contributed by atoms with Gasteiger partial charge in [-0.3, -0.25) is 9.69 Å². The Labute approximate surface area is 167 Å². The standard InChI is InChI=1S/C22H32N4O2/c1-2-21(27)24-18-5-3-17(4-6-18)8-11-25-12-14-26(15-13-25)20-7-10-23-22-19(20)9-16-28-22/h7,9-10,16-18H,2-6,8,11-15H2,1H3,(H,24,27). The molecule has 0 atom stereocenters. The zero-order valence-corrected chi connectivity index (χ0v) is 16.9. The fraction of sp³-hybridized carbons (Fsp3) is 0.636. The average molecular weight is 385 g/mol. The van der Waals surface area contributed by atoms with Crippen LogP contribution in [0.25, 0.3) is 11.1 Å². The minimum absolute atomic E-state index is 0.197. The van der Waals surface area contributed by atoms with E-state index in [-0.39, 0.29) is 5.91 Å². The zero-order valence-electron chi connectivity index (χ0n) is 16.9. The number of nitrogens with zero attached hydrogens (tertiary/aromatic N) is 3. The number of piperazine rings is 1. The number of fused-ring (bicyclic) bond motifs is 1. The monoisotopic (exact) mass is 384 g/mol. The Bertz CT molecular complexity index is 774. The number of furan rings is 1. The van der Waals surface area contributed by atoms with Gasteiger partial charge in [0.2, 0.25) is 11.6 Å². The predicted octanol–water partition coefficient (Wildman–Crippen LogP) is 3.42. The minimum Gasteiger partial charge on any atom is -0.446 e. The van der Waals surface area contributed by atoms with Crippen LogP contribution in [-0.2, 0) is 4.79 Å². The highest BCUT2D eigenvalue weighted by atomic mass is 16.3. The molecule has 1 amide bonds. The van der Waals surface area contributed by atoms with Crippen LogP contribution >= 0.6 is 0 Å². The van der Waals surface area contributed by atoms with Crippen molar-refractivity contribution in [3.8, 4) is 0 Å². The summed E-state index contributed by atoms with van der Waals surface area (Å²) in [6.45, 7) is 7.46. The molecule has 2 aromatic rings. The van der Waals surface area contributed by atoms with E-state index in [2.05, 4.69) is 26.2 Å². The lowest BCUT2D eigenvalue weighted by atomic mass is 9.84. The summed E-state index contributed by atoms with van der Waals surface area (Å²) in [7, 11) is 0. The van der Waals surface area contributed by atoms with Gasteiger partial charge in [0.1, 0.15) is 0 Å². The third-order valence-corrected chi connectivity index (χ3v) is 6.44. The fourth-order valence-corrected chi connectivity index (χ4v) is 4.64. The fourth-order valence-electron chi connectivity index (χ4n) is 4.64. The van der Waals surface area contributed by atoms with Crippen LogP contribution in [0.5, 0.6) is 0 Å². The van der Waals surface area contributed by atoms with Crippen molar-refractivity contribution in [1.29, 1.82) is 0 Å². The highest BCUT2D eigenvalue weighted by molar-refractivity contribution is 5.88. The first-order chi connectivity index (χ1) is 13.7. The molecular formula is C22H32N4O2. The van der Waals surface area contributed by atoms with Gasteiger partial charge in [0, 0.05) is 44.8 Å². The number of rotatable bonds is 6. The lowest BCUT2D eigenvalue weighted by Gasteiger charge is -2.37. The second-order valence-corrected chi connectivity index (χ2v) is 8.23. The molecule has 6 heteroatoms. The van der Waals surface area contributed by atoms with Gasteiger partial charge in [-0.15, -0.1) is 0 Å². The number of carbonyl (C=O) groups is 1. The highest BCUT2D eigenvalue weighted by Gasteiger charge is 2.24. The molecule has 3 heterocycles. The van der Waals surface area contributed by atoms with E-state index in [1.807, 2.05) is 19.2 Å². The normalized spacial score (nSPS) is 23.8. The van der Waals surface area contributed by atoms with Gasteiger partial charge in [-0.05, 0) is 56.7 Å². The Morgan fingerprint density at radius 1 is 1.18 bits per heavy atom. The smallest absolute Gasteiger partial charge is 0.227 e. The molecule has 1 saturated carbocycles. The molecule has 152 valence electrons. The van der Waals surface area contributed by atoms with Gasteiger partial charge < -0.3 is 14.6 Å². The molecule has 2 aromatic heterocycles. The van der Waals surface area contributed by atoms with Crippen LogP contribution in [0, 0.1) is 5.92 Å². The Morgan fingerprint density at radius 2 is 1.96 bits per heavy atom. The molecule has 1 N–H and O–H groups in total. The molecule has 2 aliphatic rings. The average Bonchev–Trinajstić information content (AvgIpc) is 3.22. The van der Waals surface area contributed by atoms with Crippen molar-refractivity contribution in [3.05, 3.63) is 24.6 Å². The Hall–Kier alpha value is -2.08. The molecule has 28 heavy (non-hydrogen) atoms. The van der Waals surface area contributed by atoms with Crippen molar-refractivity contribution >= 4 is 22.7 Å². The van der Waals surface area contributed by atoms with Crippen molar-refractivity contribution in [2.75, 3.05) is 37.6 Å². The number of hydrogen-bond donors (Lipinski definition) is 1. The van der Waals surface area contributed by atoms with Gasteiger partial charge >= 0.3 is 0 Å². The van der Waals surface area contributed by atoms with Crippen molar-refractivity contribution in [1.82, 2.24) is 15.2 Å². The van der Waals surface area contributed by atoms with E-state index in [9.17, 15) is 4.79 Å². The van der Waals surface area contributed by atoms with E-state index in [1.54, 1.807) is 6.26 Å². The lowest BCUT2D eigenvalue weighted by Crippen LogP contribution is -2.47. The Kier molecular flexibility index (Phi) is 6.15. The summed E-state index contributed by atoms with van der Waals surface area (Å²) in [5.74, 6) is 1.02. The molecule has 1 aliphatic heterocycles. The molecule has 0 aromatic carbocycles. The third kappa shape index (κ3) is 4.49. The summed E-state index contributed by atoms with van der Waals surface area (Å²) in [5, 5.41) is 4.27. The summed E-state index contributed by atoms with van der Waals surface area (Å²) in [4.78, 5) is 20.9. The number of amides is 1. The van der Waals surface area contributed by atoms with E-state index in [0.717, 1.165) is 56.0 Å². The molecule has 6 nitrogen and oxygen atoms in total. The molecule has 4 rings (SSSR count). The highest BCUT2D eigenvalue weighted by Crippen LogP contribution is 2.29. The van der Waals surface area contributed by atoms with Crippen molar-refractivity contribution in [2.24, 2.45) is 5.92 Å². The zero-order chi connectivity index (χ0) is 19.3. The largest absolute Gasteiger partial charge is 0.446 e. The van der Waals surface area contributed by atoms with Crippen molar-refractivity contribution in [2.45, 2.75) is 51.5 Å². The summed E-state index contributed by atoms with van der Waals surface area (Å²) in [6.07, 6.45) is 10.2. The summed E-state index contributed by atoms with van der Waals surface area (Å²) in [6, 6.07) is 4.53. The predicted molar refractivity (Wildman–Crippen MR) is 111 cm³/mol. The number of carbonyl (C=O) groups excluding carboxylic acids is 1. The Balaban J connectivity index is 1.19. The minimum atomic E-state index is 0.197. The number of anilines is 1. The Morgan fingerprint density at radius 3 is 2.71 bits per heavy atom. The van der Waals surface area contributed by atoms with Gasteiger partial charge in [0.25, 0.3) is 0 Å². The second-order valence-electron chi connectivity index (χ2n) is 8.23. The third-order valence-electron chi connectivity index (χ3n) is 6.44. The van der Waals surface area contributed by atoms with Crippen molar-refractivity contribution in [3.63, 3.8) is 0 Å². The number of nitrogens with one attached hydrogen (secondary N) is 1. The molecule has 1 saturated heterocycles. The maximum absolute atomic E-state index is 11.5. The van der Waals surface area contributed by atoms with E-state index in [0.29, 0.717) is 12.5 Å². The van der Waals surface area contributed by atoms with Gasteiger partial charge in [-0.25, -0.2) is 4.98 Å². The first-order valence-corrected chi connectivity index (χ1v) is 10.8. The van der Waals surface area contributed by atoms with Crippen LogP contribution in [0.3, 0.4) is 0 Å². The van der Waals surface area contributed by atoms with Crippen LogP contribution in [0.15, 0.2) is 29.0 Å². The maximum Gasteiger partial charge on any atom is 0.227 e. The summed E-state index contributed by atoms with van der Waals surface area (Å²) < 4.78 is 5.44. The molecule has 0 unspecified atom stereocenters. The quantitative estimate of drug-likeness (QED) is 0.827. The molecule has 0 bridgehead atoms. The van der Waals surface area contributed by atoms with Crippen LogP contribution in [0.1, 0.15) is 45.4 Å². The molecule has 0 spiro atoms. The summed E-state index contributed by atoms with van der Waals surface area (Å²) in [5.41, 5.74) is 1.97. The number of aromatic nitrogens is 1. The van der Waals surface area contributed by atoms with Gasteiger partial charge in [-0.2, -0.15) is 0 Å². The van der Waals surface area contributed by atoms with Crippen LogP contribution < -0.4 is 10.2 Å². The van der Waals surface area contributed by atoms with Gasteiger partial charge in [0.15, 0.2) is 0 Å². The van der Waals surface area contributed by atoms with Crippen LogP contribution in [0.4, 0.5) is 5.69 Å². The van der Waals surface area contributed by atoms with Crippen LogP contribution in [0.2, 0.25) is 0 Å². The van der Waals surface area contributed by atoms with E-state index in [1.165, 1.54) is 31.5 Å². The maximum atomic E-state index is 11.5. The van der Waals surface area contributed by atoms with Gasteiger partial charge in [0.05, 0.1) is 17.3 Å². The first-order valence-electron chi connectivity index (χ1n) is 10.8. The topological polar surface area (TPSA) is 61.6 Å². The van der Waals surface area contributed by atoms with E-state index >= 15 is 0 Å². The van der Waals surface area contributed by atoms with E-state index in [4.69, 9.17) is 4.42 Å². The number of pyridine rings is 1. The molecule has 1 aliphatic carbocycles. The SMILES string of the molecule is CCC(=O)NC1CCC(CCN2CCN(c3ccnc4occc34)CC2)CC1. The van der Waals surface area contributed by atoms with E-state index < -0.39 is 0 Å². The molecule has 2 fully saturated rings. The van der Waals surface area contributed by atoms with Crippen LogP contribution in [-0.4, -0.2) is 54.6 Å². The van der Waals surface area contributed by atoms with Gasteiger partial charge in [-0.1, -0.05) is 6.92 Å². The molecule has 0 radical (unpaired) electrons. The summed E-state index contributed by atoms with van der Waals surface area (Å²) >= 11 is 0. The first kappa shape index (κ1) is 19.2. The number of hydrogen-bond acceptors (Lipinski definition) is 5. The lowest BCUT2D eigenvalue weighted by molar-refractivity contribution is -0.121. The second kappa shape index (κ2) is 8.95. The van der Waals surface area contributed by atoms with Crippen molar-refractivity contribution < 1.29 is 9.21 Å².